The molecule has 0 radical (unpaired) electrons. The standard InChI is InChI=1S/C22H27N3O2S/c1-2-14-27-20-7-5-6-18(15-20)21(26)24-22(28)23-19-10-8-17(9-11-19)16-25-12-3-4-13-25/h5-11,15H,2-4,12-14,16H2,1H3,(H2,23,24,26,28). The van der Waals surface area contributed by atoms with E-state index in [1.54, 1.807) is 18.2 Å². The molecule has 0 saturated carbocycles. The molecule has 1 heterocycles. The van der Waals surface area contributed by atoms with Gasteiger partial charge in [-0.2, -0.15) is 0 Å². The van der Waals surface area contributed by atoms with Crippen LogP contribution in [0.2, 0.25) is 0 Å². The highest BCUT2D eigenvalue weighted by Crippen LogP contribution is 2.16. The molecule has 2 aromatic rings. The molecule has 2 aromatic carbocycles. The summed E-state index contributed by atoms with van der Waals surface area (Å²) in [6.45, 7) is 6.01. The van der Waals surface area contributed by atoms with Gasteiger partial charge < -0.3 is 10.1 Å². The lowest BCUT2D eigenvalue weighted by atomic mass is 10.2. The van der Waals surface area contributed by atoms with Crippen molar-refractivity contribution in [3.05, 3.63) is 59.7 Å². The number of anilines is 1. The number of benzene rings is 2. The fourth-order valence-electron chi connectivity index (χ4n) is 3.18. The number of hydrogen-bond acceptors (Lipinski definition) is 4. The molecule has 0 atom stereocenters. The molecule has 0 spiro atoms. The van der Waals surface area contributed by atoms with Crippen molar-refractivity contribution in [1.29, 1.82) is 0 Å². The summed E-state index contributed by atoms with van der Waals surface area (Å²) in [7, 11) is 0. The van der Waals surface area contributed by atoms with Crippen molar-refractivity contribution >= 4 is 28.9 Å². The molecule has 148 valence electrons. The van der Waals surface area contributed by atoms with Crippen molar-refractivity contribution in [2.24, 2.45) is 0 Å². The number of nitrogens with one attached hydrogen (secondary N) is 2. The molecule has 1 aliphatic heterocycles. The average molecular weight is 398 g/mol. The molecular weight excluding hydrogens is 370 g/mol. The van der Waals surface area contributed by atoms with E-state index < -0.39 is 0 Å². The minimum absolute atomic E-state index is 0.259. The zero-order chi connectivity index (χ0) is 19.8. The number of hydrogen-bond donors (Lipinski definition) is 2. The van der Waals surface area contributed by atoms with Crippen LogP contribution in [-0.4, -0.2) is 35.6 Å². The summed E-state index contributed by atoms with van der Waals surface area (Å²) in [6, 6.07) is 15.3. The van der Waals surface area contributed by atoms with Crippen LogP contribution in [0.3, 0.4) is 0 Å². The molecule has 2 N–H and O–H groups in total. The number of thiocarbonyl (C=S) groups is 1. The minimum Gasteiger partial charge on any atom is -0.494 e. The maximum absolute atomic E-state index is 12.4. The monoisotopic (exact) mass is 397 g/mol. The van der Waals surface area contributed by atoms with E-state index >= 15 is 0 Å². The number of likely N-dealkylation sites (tertiary alicyclic amines) is 1. The third kappa shape index (κ3) is 6.04. The number of ether oxygens (including phenoxy) is 1. The first kappa shape index (κ1) is 20.3. The Morgan fingerprint density at radius 3 is 2.61 bits per heavy atom. The van der Waals surface area contributed by atoms with E-state index in [2.05, 4.69) is 27.7 Å². The van der Waals surface area contributed by atoms with E-state index in [1.807, 2.05) is 25.1 Å². The second-order valence-electron chi connectivity index (χ2n) is 6.96. The third-order valence-corrected chi connectivity index (χ3v) is 4.82. The lowest BCUT2D eigenvalue weighted by Crippen LogP contribution is -2.34. The molecular formula is C22H27N3O2S. The van der Waals surface area contributed by atoms with Gasteiger partial charge in [-0.25, -0.2) is 0 Å². The Kier molecular flexibility index (Phi) is 7.39. The highest BCUT2D eigenvalue weighted by molar-refractivity contribution is 7.80. The van der Waals surface area contributed by atoms with Gasteiger partial charge in [0.15, 0.2) is 5.11 Å². The molecule has 0 unspecified atom stereocenters. The summed E-state index contributed by atoms with van der Waals surface area (Å²) < 4.78 is 5.57. The largest absolute Gasteiger partial charge is 0.494 e. The molecule has 1 aliphatic rings. The number of carbonyl (C=O) groups excluding carboxylic acids is 1. The van der Waals surface area contributed by atoms with Gasteiger partial charge in [-0.1, -0.05) is 25.1 Å². The smallest absolute Gasteiger partial charge is 0.257 e. The SMILES string of the molecule is CCCOc1cccc(C(=O)NC(=S)Nc2ccc(CN3CCCC3)cc2)c1. The van der Waals surface area contributed by atoms with E-state index in [4.69, 9.17) is 17.0 Å². The Morgan fingerprint density at radius 1 is 1.14 bits per heavy atom. The van der Waals surface area contributed by atoms with Crippen LogP contribution in [-0.2, 0) is 6.54 Å². The number of carbonyl (C=O) groups is 1. The van der Waals surface area contributed by atoms with Crippen LogP contribution >= 0.6 is 12.2 Å². The second-order valence-corrected chi connectivity index (χ2v) is 7.37. The van der Waals surface area contributed by atoms with Gasteiger partial charge in [-0.05, 0) is 80.5 Å². The first-order chi connectivity index (χ1) is 13.6. The first-order valence-corrected chi connectivity index (χ1v) is 10.2. The molecule has 1 amide bonds. The molecule has 6 heteroatoms. The van der Waals surface area contributed by atoms with Crippen LogP contribution in [0.15, 0.2) is 48.5 Å². The topological polar surface area (TPSA) is 53.6 Å². The predicted octanol–water partition coefficient (Wildman–Crippen LogP) is 4.20. The van der Waals surface area contributed by atoms with Gasteiger partial charge >= 0.3 is 0 Å². The van der Waals surface area contributed by atoms with Crippen molar-refractivity contribution in [3.8, 4) is 5.75 Å². The first-order valence-electron chi connectivity index (χ1n) is 9.80. The van der Waals surface area contributed by atoms with Crippen molar-refractivity contribution in [2.45, 2.75) is 32.7 Å². The maximum Gasteiger partial charge on any atom is 0.257 e. The predicted molar refractivity (Wildman–Crippen MR) is 117 cm³/mol. The normalized spacial score (nSPS) is 13.9. The van der Waals surface area contributed by atoms with Crippen LogP contribution < -0.4 is 15.4 Å². The average Bonchev–Trinajstić information content (AvgIpc) is 3.21. The highest BCUT2D eigenvalue weighted by Gasteiger charge is 2.12. The Balaban J connectivity index is 1.51. The zero-order valence-electron chi connectivity index (χ0n) is 16.2. The van der Waals surface area contributed by atoms with Gasteiger partial charge in [0.25, 0.3) is 5.91 Å². The fraction of sp³-hybridized carbons (Fsp3) is 0.364. The summed E-state index contributed by atoms with van der Waals surface area (Å²) in [4.78, 5) is 14.9. The lowest BCUT2D eigenvalue weighted by Gasteiger charge is -2.15. The van der Waals surface area contributed by atoms with E-state index in [0.717, 1.165) is 18.7 Å². The second kappa shape index (κ2) is 10.2. The summed E-state index contributed by atoms with van der Waals surface area (Å²) >= 11 is 5.28. The van der Waals surface area contributed by atoms with Gasteiger partial charge in [0.2, 0.25) is 0 Å². The molecule has 5 nitrogen and oxygen atoms in total. The Hall–Kier alpha value is -2.44. The van der Waals surface area contributed by atoms with Crippen molar-refractivity contribution < 1.29 is 9.53 Å². The van der Waals surface area contributed by atoms with E-state index in [1.165, 1.54) is 31.5 Å². The summed E-state index contributed by atoms with van der Waals surface area (Å²) in [5, 5.41) is 6.06. The van der Waals surface area contributed by atoms with Gasteiger partial charge in [-0.3, -0.25) is 15.0 Å². The van der Waals surface area contributed by atoms with Crippen LogP contribution in [0.5, 0.6) is 5.75 Å². The van der Waals surface area contributed by atoms with Crippen LogP contribution in [0.1, 0.15) is 42.1 Å². The van der Waals surface area contributed by atoms with Crippen molar-refractivity contribution in [3.63, 3.8) is 0 Å². The fourth-order valence-corrected chi connectivity index (χ4v) is 3.39. The van der Waals surface area contributed by atoms with Gasteiger partial charge in [0.05, 0.1) is 6.61 Å². The van der Waals surface area contributed by atoms with Crippen LogP contribution in [0, 0.1) is 0 Å². The molecule has 0 aromatic heterocycles. The van der Waals surface area contributed by atoms with E-state index in [9.17, 15) is 4.79 Å². The van der Waals surface area contributed by atoms with E-state index in [-0.39, 0.29) is 11.0 Å². The number of rotatable bonds is 7. The number of nitrogens with zero attached hydrogens (tertiary/aromatic N) is 1. The third-order valence-electron chi connectivity index (χ3n) is 4.61. The molecule has 1 saturated heterocycles. The molecule has 28 heavy (non-hydrogen) atoms. The molecule has 0 bridgehead atoms. The summed E-state index contributed by atoms with van der Waals surface area (Å²) in [5.41, 5.74) is 2.65. The van der Waals surface area contributed by atoms with Gasteiger partial charge in [0.1, 0.15) is 5.75 Å². The number of amides is 1. The zero-order valence-corrected chi connectivity index (χ0v) is 17.1. The molecule has 3 rings (SSSR count). The lowest BCUT2D eigenvalue weighted by molar-refractivity contribution is 0.0977. The van der Waals surface area contributed by atoms with Gasteiger partial charge in [0, 0.05) is 17.8 Å². The van der Waals surface area contributed by atoms with Gasteiger partial charge in [-0.15, -0.1) is 0 Å². The minimum atomic E-state index is -0.259. The highest BCUT2D eigenvalue weighted by atomic mass is 32.1. The van der Waals surface area contributed by atoms with Crippen molar-refractivity contribution in [2.75, 3.05) is 25.0 Å². The van der Waals surface area contributed by atoms with Crippen molar-refractivity contribution in [1.82, 2.24) is 10.2 Å². The molecule has 0 aliphatic carbocycles. The summed E-state index contributed by atoms with van der Waals surface area (Å²) in [6.07, 6.45) is 3.50. The molecule has 1 fully saturated rings. The Labute approximate surface area is 172 Å². The Bertz CT molecular complexity index is 802. The maximum atomic E-state index is 12.4. The van der Waals surface area contributed by atoms with Crippen LogP contribution in [0.4, 0.5) is 5.69 Å². The summed E-state index contributed by atoms with van der Waals surface area (Å²) in [5.74, 6) is 0.423. The Morgan fingerprint density at radius 2 is 1.89 bits per heavy atom. The quantitative estimate of drug-likeness (QED) is 0.686. The van der Waals surface area contributed by atoms with Crippen LogP contribution in [0.25, 0.3) is 0 Å². The van der Waals surface area contributed by atoms with E-state index in [0.29, 0.717) is 17.9 Å².